The molecule has 2 heterocycles. The van der Waals surface area contributed by atoms with Crippen molar-refractivity contribution in [3.8, 4) is 0 Å². The molecule has 70 valence electrons. The summed E-state index contributed by atoms with van der Waals surface area (Å²) in [5.74, 6) is 0.811. The van der Waals surface area contributed by atoms with Crippen LogP contribution in [0.25, 0.3) is 0 Å². The number of thiophene rings is 1. The first-order valence-corrected chi connectivity index (χ1v) is 5.45. The molecule has 0 atom stereocenters. The van der Waals surface area contributed by atoms with Gasteiger partial charge in [-0.2, -0.15) is 0 Å². The highest BCUT2D eigenvalue weighted by Crippen LogP contribution is 2.20. The van der Waals surface area contributed by atoms with Crippen LogP contribution in [0.2, 0.25) is 0 Å². The van der Waals surface area contributed by atoms with Crippen LogP contribution in [0, 0.1) is 12.3 Å². The maximum Gasteiger partial charge on any atom is 0.0961 e. The summed E-state index contributed by atoms with van der Waals surface area (Å²) in [6, 6.07) is 4.32. The molecule has 2 rings (SSSR count). The molecule has 1 fully saturated rings. The summed E-state index contributed by atoms with van der Waals surface area (Å²) in [5.41, 5.74) is 0. The number of aryl methyl sites for hydroxylation is 1. The number of hydrogen-bond donors (Lipinski definition) is 1. The Morgan fingerprint density at radius 3 is 2.92 bits per heavy atom. The van der Waals surface area contributed by atoms with E-state index in [0.29, 0.717) is 0 Å². The Hall–Kier alpha value is -0.830. The zero-order valence-corrected chi connectivity index (χ0v) is 8.66. The Labute approximate surface area is 82.7 Å². The van der Waals surface area contributed by atoms with Crippen molar-refractivity contribution in [2.24, 2.45) is 0 Å². The highest BCUT2D eigenvalue weighted by Gasteiger charge is 2.16. The molecule has 1 aromatic rings. The van der Waals surface area contributed by atoms with Crippen LogP contribution < -0.4 is 0 Å². The number of amidine groups is 1. The fourth-order valence-electron chi connectivity index (χ4n) is 1.66. The van der Waals surface area contributed by atoms with Crippen molar-refractivity contribution in [2.75, 3.05) is 6.54 Å². The van der Waals surface area contributed by atoms with E-state index >= 15 is 0 Å². The van der Waals surface area contributed by atoms with Gasteiger partial charge in [-0.15, -0.1) is 11.3 Å². The molecule has 0 spiro atoms. The van der Waals surface area contributed by atoms with Crippen molar-refractivity contribution in [2.45, 2.75) is 26.3 Å². The smallest absolute Gasteiger partial charge is 0.0961 e. The number of likely N-dealkylation sites (tertiary alicyclic amines) is 1. The average molecular weight is 194 g/mol. The lowest BCUT2D eigenvalue weighted by Crippen LogP contribution is -2.22. The van der Waals surface area contributed by atoms with E-state index in [0.717, 1.165) is 31.8 Å². The third-order valence-electron chi connectivity index (χ3n) is 2.37. The fraction of sp³-hybridized carbons (Fsp3) is 0.500. The molecular weight excluding hydrogens is 180 g/mol. The lowest BCUT2D eigenvalue weighted by atomic mass is 10.4. The summed E-state index contributed by atoms with van der Waals surface area (Å²) in [6.07, 6.45) is 2.12. The van der Waals surface area contributed by atoms with Crippen molar-refractivity contribution in [3.05, 3.63) is 21.9 Å². The second-order valence-electron chi connectivity index (χ2n) is 3.48. The third kappa shape index (κ3) is 1.91. The first kappa shape index (κ1) is 8.75. The first-order chi connectivity index (χ1) is 6.25. The lowest BCUT2D eigenvalue weighted by molar-refractivity contribution is 0.450. The molecule has 0 aliphatic carbocycles. The van der Waals surface area contributed by atoms with Gasteiger partial charge in [0.15, 0.2) is 0 Å². The van der Waals surface area contributed by atoms with Crippen molar-refractivity contribution >= 4 is 17.2 Å². The normalized spacial score (nSPS) is 17.0. The van der Waals surface area contributed by atoms with Crippen LogP contribution in [0.15, 0.2) is 12.1 Å². The second-order valence-corrected chi connectivity index (χ2v) is 4.86. The van der Waals surface area contributed by atoms with Crippen LogP contribution in [0.5, 0.6) is 0 Å². The summed E-state index contributed by atoms with van der Waals surface area (Å²) in [5, 5.41) is 7.69. The van der Waals surface area contributed by atoms with Gasteiger partial charge in [0.05, 0.1) is 12.4 Å². The van der Waals surface area contributed by atoms with Gasteiger partial charge >= 0.3 is 0 Å². The van der Waals surface area contributed by atoms with Gasteiger partial charge in [-0.3, -0.25) is 5.41 Å². The van der Waals surface area contributed by atoms with Crippen molar-refractivity contribution < 1.29 is 0 Å². The zero-order chi connectivity index (χ0) is 9.26. The summed E-state index contributed by atoms with van der Waals surface area (Å²) >= 11 is 1.84. The molecule has 1 N–H and O–H groups in total. The zero-order valence-electron chi connectivity index (χ0n) is 7.84. The van der Waals surface area contributed by atoms with E-state index in [1.54, 1.807) is 0 Å². The van der Waals surface area contributed by atoms with Crippen molar-refractivity contribution in [1.29, 1.82) is 5.41 Å². The minimum absolute atomic E-state index is 0.811. The third-order valence-corrected chi connectivity index (χ3v) is 3.35. The largest absolute Gasteiger partial charge is 0.355 e. The van der Waals surface area contributed by atoms with Crippen LogP contribution in [0.1, 0.15) is 22.6 Å². The predicted octanol–water partition coefficient (Wildman–Crippen LogP) is 2.63. The molecule has 1 aromatic heterocycles. The Morgan fingerprint density at radius 1 is 1.54 bits per heavy atom. The molecule has 1 aliphatic heterocycles. The average Bonchev–Trinajstić information content (AvgIpc) is 2.64. The SMILES string of the molecule is Cc1ccc(CN2CCCC2=N)s1. The molecule has 0 bridgehead atoms. The van der Waals surface area contributed by atoms with Crippen molar-refractivity contribution in [1.82, 2.24) is 4.90 Å². The molecule has 1 saturated heterocycles. The first-order valence-electron chi connectivity index (χ1n) is 4.63. The van der Waals surface area contributed by atoms with E-state index in [1.165, 1.54) is 9.75 Å². The summed E-state index contributed by atoms with van der Waals surface area (Å²) in [4.78, 5) is 4.91. The van der Waals surface area contributed by atoms with E-state index < -0.39 is 0 Å². The van der Waals surface area contributed by atoms with Crippen LogP contribution in [0.3, 0.4) is 0 Å². The Kier molecular flexibility index (Phi) is 2.36. The Morgan fingerprint density at radius 2 is 2.38 bits per heavy atom. The molecule has 1 aliphatic rings. The van der Waals surface area contributed by atoms with Gasteiger partial charge in [-0.05, 0) is 25.5 Å². The van der Waals surface area contributed by atoms with Crippen LogP contribution in [0.4, 0.5) is 0 Å². The minimum atomic E-state index is 0.811. The summed E-state index contributed by atoms with van der Waals surface area (Å²) in [6.45, 7) is 4.14. The van der Waals surface area contributed by atoms with Gasteiger partial charge < -0.3 is 4.90 Å². The summed E-state index contributed by atoms with van der Waals surface area (Å²) < 4.78 is 0. The van der Waals surface area contributed by atoms with Gasteiger partial charge in [0.1, 0.15) is 0 Å². The van der Waals surface area contributed by atoms with Gasteiger partial charge in [-0.25, -0.2) is 0 Å². The predicted molar refractivity (Wildman–Crippen MR) is 56.4 cm³/mol. The quantitative estimate of drug-likeness (QED) is 0.770. The molecule has 0 saturated carbocycles. The maximum absolute atomic E-state index is 7.69. The monoisotopic (exact) mass is 194 g/mol. The van der Waals surface area contributed by atoms with Gasteiger partial charge in [-0.1, -0.05) is 0 Å². The number of hydrogen-bond acceptors (Lipinski definition) is 2. The summed E-state index contributed by atoms with van der Waals surface area (Å²) in [7, 11) is 0. The molecular formula is C10H14N2S. The van der Waals surface area contributed by atoms with Gasteiger partial charge in [0, 0.05) is 22.7 Å². The van der Waals surface area contributed by atoms with Crippen molar-refractivity contribution in [3.63, 3.8) is 0 Å². The van der Waals surface area contributed by atoms with Crippen LogP contribution in [-0.4, -0.2) is 17.3 Å². The fourth-order valence-corrected chi connectivity index (χ4v) is 2.57. The molecule has 3 heteroatoms. The number of nitrogens with one attached hydrogen (secondary N) is 1. The maximum atomic E-state index is 7.69. The highest BCUT2D eigenvalue weighted by molar-refractivity contribution is 7.11. The molecule has 0 radical (unpaired) electrons. The van der Waals surface area contributed by atoms with Gasteiger partial charge in [0.2, 0.25) is 0 Å². The van der Waals surface area contributed by atoms with E-state index in [-0.39, 0.29) is 0 Å². The standard InChI is InChI=1S/C10H14N2S/c1-8-4-5-9(13-8)7-12-6-2-3-10(12)11/h4-5,11H,2-3,6-7H2,1H3. The van der Waals surface area contributed by atoms with Gasteiger partial charge in [0.25, 0.3) is 0 Å². The van der Waals surface area contributed by atoms with E-state index in [2.05, 4.69) is 24.0 Å². The topological polar surface area (TPSA) is 27.1 Å². The highest BCUT2D eigenvalue weighted by atomic mass is 32.1. The molecule has 2 nitrogen and oxygen atoms in total. The van der Waals surface area contributed by atoms with E-state index in [1.807, 2.05) is 11.3 Å². The van der Waals surface area contributed by atoms with E-state index in [9.17, 15) is 0 Å². The lowest BCUT2D eigenvalue weighted by Gasteiger charge is -2.15. The molecule has 13 heavy (non-hydrogen) atoms. The number of rotatable bonds is 2. The van der Waals surface area contributed by atoms with Crippen LogP contribution >= 0.6 is 11.3 Å². The van der Waals surface area contributed by atoms with E-state index in [4.69, 9.17) is 5.41 Å². The number of nitrogens with zero attached hydrogens (tertiary/aromatic N) is 1. The Bertz CT molecular complexity index is 316. The van der Waals surface area contributed by atoms with Crippen LogP contribution in [-0.2, 0) is 6.54 Å². The minimum Gasteiger partial charge on any atom is -0.355 e. The second kappa shape index (κ2) is 3.50. The molecule has 0 amide bonds. The molecule has 0 unspecified atom stereocenters. The Balaban J connectivity index is 2.01. The molecule has 0 aromatic carbocycles.